The lowest BCUT2D eigenvalue weighted by molar-refractivity contribution is 0.221. The first-order chi connectivity index (χ1) is 5.20. The van der Waals surface area contributed by atoms with Crippen LogP contribution in [0.1, 0.15) is 27.7 Å². The van der Waals surface area contributed by atoms with Crippen LogP contribution in [0.15, 0.2) is 0 Å². The van der Waals surface area contributed by atoms with Crippen LogP contribution in [0.2, 0.25) is 18.1 Å². The third-order valence-corrected chi connectivity index (χ3v) is 7.56. The van der Waals surface area contributed by atoms with Gasteiger partial charge in [0.15, 0.2) is 8.32 Å². The Hall–Kier alpha value is 0.467. The second-order valence-corrected chi connectivity index (χ2v) is 9.91. The summed E-state index contributed by atoms with van der Waals surface area (Å²) in [4.78, 5) is 0. The van der Waals surface area contributed by atoms with Gasteiger partial charge in [-0.05, 0) is 25.1 Å². The Kier molecular flexibility index (Phi) is 4.28. The predicted octanol–water partition coefficient (Wildman–Crippen LogP) is 3.64. The van der Waals surface area contributed by atoms with Gasteiger partial charge in [0.2, 0.25) is 0 Å². The van der Waals surface area contributed by atoms with Gasteiger partial charge in [0.05, 0.1) is 6.10 Å². The topological polar surface area (TPSA) is 9.23 Å². The number of alkyl halides is 1. The Morgan fingerprint density at radius 3 is 2.00 bits per heavy atom. The summed E-state index contributed by atoms with van der Waals surface area (Å²) in [6.45, 7) is 13.2. The summed E-state index contributed by atoms with van der Waals surface area (Å²) in [5.41, 5.74) is 0. The fourth-order valence-corrected chi connectivity index (χ4v) is 2.32. The van der Waals surface area contributed by atoms with Crippen LogP contribution in [-0.2, 0) is 4.43 Å². The van der Waals surface area contributed by atoms with Gasteiger partial charge < -0.3 is 4.43 Å². The molecule has 0 aromatic heterocycles. The van der Waals surface area contributed by atoms with E-state index < -0.39 is 8.32 Å². The van der Waals surface area contributed by atoms with E-state index in [9.17, 15) is 0 Å². The third-order valence-electron chi connectivity index (χ3n) is 2.52. The molecule has 0 rings (SSSR count). The van der Waals surface area contributed by atoms with E-state index in [0.29, 0.717) is 5.88 Å². The van der Waals surface area contributed by atoms with Gasteiger partial charge in [-0.1, -0.05) is 20.8 Å². The van der Waals surface area contributed by atoms with Gasteiger partial charge in [0, 0.05) is 5.88 Å². The summed E-state index contributed by atoms with van der Waals surface area (Å²) in [6.07, 6.45) is 0.188. The molecule has 1 nitrogen and oxygen atoms in total. The van der Waals surface area contributed by atoms with Crippen molar-refractivity contribution >= 4 is 19.9 Å². The second kappa shape index (κ2) is 4.12. The van der Waals surface area contributed by atoms with Gasteiger partial charge >= 0.3 is 0 Å². The molecule has 0 aliphatic heterocycles. The Morgan fingerprint density at radius 2 is 1.75 bits per heavy atom. The molecule has 0 saturated heterocycles. The van der Waals surface area contributed by atoms with E-state index in [1.54, 1.807) is 0 Å². The van der Waals surface area contributed by atoms with Crippen LogP contribution in [0.25, 0.3) is 0 Å². The Labute approximate surface area is 82.6 Å². The van der Waals surface area contributed by atoms with E-state index in [4.69, 9.17) is 16.0 Å². The maximum Gasteiger partial charge on any atom is 0.192 e. The molecule has 0 spiro atoms. The molecule has 0 amide bonds. The van der Waals surface area contributed by atoms with Crippen LogP contribution < -0.4 is 0 Å². The highest BCUT2D eigenvalue weighted by molar-refractivity contribution is 6.74. The van der Waals surface area contributed by atoms with Crippen LogP contribution in [0, 0.1) is 0 Å². The first-order valence-electron chi connectivity index (χ1n) is 4.44. The molecule has 0 unspecified atom stereocenters. The van der Waals surface area contributed by atoms with Crippen molar-refractivity contribution in [3.63, 3.8) is 0 Å². The van der Waals surface area contributed by atoms with Crippen LogP contribution in [0.3, 0.4) is 0 Å². The summed E-state index contributed by atoms with van der Waals surface area (Å²) in [6, 6.07) is 0. The van der Waals surface area contributed by atoms with Gasteiger partial charge in [-0.15, -0.1) is 11.6 Å². The molecule has 3 heteroatoms. The summed E-state index contributed by atoms with van der Waals surface area (Å²) < 4.78 is 5.96. The maximum atomic E-state index is 5.96. The lowest BCUT2D eigenvalue weighted by Gasteiger charge is -2.38. The summed E-state index contributed by atoms with van der Waals surface area (Å²) in [7, 11) is -1.57. The normalized spacial score (nSPS) is 16.2. The Bertz CT molecular complexity index is 140. The molecule has 0 heterocycles. The molecule has 0 aliphatic rings. The van der Waals surface area contributed by atoms with Gasteiger partial charge in [-0.3, -0.25) is 0 Å². The van der Waals surface area contributed by atoms with Crippen LogP contribution in [0.5, 0.6) is 0 Å². The van der Waals surface area contributed by atoms with Gasteiger partial charge in [-0.25, -0.2) is 0 Å². The molecule has 0 aliphatic carbocycles. The second-order valence-electron chi connectivity index (χ2n) is 4.84. The fraction of sp³-hybridized carbons (Fsp3) is 1.00. The summed E-state index contributed by atoms with van der Waals surface area (Å²) in [5, 5.41) is 0.285. The van der Waals surface area contributed by atoms with Crippen LogP contribution in [-0.4, -0.2) is 20.3 Å². The van der Waals surface area contributed by atoms with E-state index in [2.05, 4.69) is 33.9 Å². The van der Waals surface area contributed by atoms with E-state index in [0.717, 1.165) is 0 Å². The summed E-state index contributed by atoms with van der Waals surface area (Å²) >= 11 is 5.71. The monoisotopic (exact) mass is 208 g/mol. The van der Waals surface area contributed by atoms with Crippen molar-refractivity contribution in [2.45, 2.75) is 51.9 Å². The predicted molar refractivity (Wildman–Crippen MR) is 58.5 cm³/mol. The Balaban J connectivity index is 4.22. The minimum atomic E-state index is -1.57. The largest absolute Gasteiger partial charge is 0.413 e. The zero-order valence-electron chi connectivity index (χ0n) is 9.07. The lowest BCUT2D eigenvalue weighted by atomic mass is 10.2. The van der Waals surface area contributed by atoms with Crippen molar-refractivity contribution in [1.82, 2.24) is 0 Å². The number of halogens is 1. The van der Waals surface area contributed by atoms with Crippen LogP contribution >= 0.6 is 11.6 Å². The zero-order valence-corrected chi connectivity index (χ0v) is 10.8. The fourth-order valence-electron chi connectivity index (χ4n) is 0.711. The van der Waals surface area contributed by atoms with Crippen molar-refractivity contribution in [3.05, 3.63) is 0 Å². The lowest BCUT2D eigenvalue weighted by Crippen LogP contribution is -2.43. The molecule has 0 aromatic carbocycles. The SMILES string of the molecule is C[C@H](CCl)O[Si](C)(C)C(C)(C)C. The first kappa shape index (κ1) is 12.5. The number of rotatable bonds is 3. The minimum absolute atomic E-state index is 0.188. The first-order valence-corrected chi connectivity index (χ1v) is 7.89. The smallest absolute Gasteiger partial charge is 0.192 e. The average molecular weight is 209 g/mol. The molecule has 1 atom stereocenters. The molecule has 0 saturated carbocycles. The van der Waals surface area contributed by atoms with Crippen molar-refractivity contribution in [1.29, 1.82) is 0 Å². The van der Waals surface area contributed by atoms with E-state index in [1.807, 2.05) is 6.92 Å². The van der Waals surface area contributed by atoms with Crippen molar-refractivity contribution in [3.8, 4) is 0 Å². The maximum absolute atomic E-state index is 5.96. The highest BCUT2D eigenvalue weighted by Crippen LogP contribution is 2.37. The van der Waals surface area contributed by atoms with Crippen LogP contribution in [0.4, 0.5) is 0 Å². The van der Waals surface area contributed by atoms with E-state index in [1.165, 1.54) is 0 Å². The standard InChI is InChI=1S/C9H21ClOSi/c1-8(7-10)11-12(5,6)9(2,3)4/h8H,7H2,1-6H3/t8-/m1/s1. The van der Waals surface area contributed by atoms with Gasteiger partial charge in [-0.2, -0.15) is 0 Å². The average Bonchev–Trinajstić information content (AvgIpc) is 1.84. The molecule has 0 radical (unpaired) electrons. The molecular weight excluding hydrogens is 188 g/mol. The molecule has 74 valence electrons. The number of hydrogen-bond acceptors (Lipinski definition) is 1. The van der Waals surface area contributed by atoms with Crippen molar-refractivity contribution in [2.75, 3.05) is 5.88 Å². The molecule has 0 bridgehead atoms. The molecule has 12 heavy (non-hydrogen) atoms. The highest BCUT2D eigenvalue weighted by atomic mass is 35.5. The van der Waals surface area contributed by atoms with E-state index in [-0.39, 0.29) is 11.1 Å². The molecule has 0 aromatic rings. The van der Waals surface area contributed by atoms with E-state index >= 15 is 0 Å². The number of hydrogen-bond donors (Lipinski definition) is 0. The minimum Gasteiger partial charge on any atom is -0.413 e. The molecule has 0 fully saturated rings. The summed E-state index contributed by atoms with van der Waals surface area (Å²) in [5.74, 6) is 0.590. The quantitative estimate of drug-likeness (QED) is 0.509. The molecule has 0 N–H and O–H groups in total. The molecular formula is C9H21ClOSi. The van der Waals surface area contributed by atoms with Gasteiger partial charge in [0.25, 0.3) is 0 Å². The zero-order chi connectivity index (χ0) is 9.99. The Morgan fingerprint density at radius 1 is 1.33 bits per heavy atom. The van der Waals surface area contributed by atoms with Gasteiger partial charge in [0.1, 0.15) is 0 Å². The highest BCUT2D eigenvalue weighted by Gasteiger charge is 2.38. The third kappa shape index (κ3) is 3.46. The van der Waals surface area contributed by atoms with Crippen molar-refractivity contribution in [2.24, 2.45) is 0 Å². The van der Waals surface area contributed by atoms with Crippen molar-refractivity contribution < 1.29 is 4.43 Å².